The molecule has 2 aliphatic rings. The van der Waals surface area contributed by atoms with Crippen molar-refractivity contribution >= 4 is 66.6 Å². The molecule has 0 aliphatic carbocycles. The van der Waals surface area contributed by atoms with E-state index >= 15 is 0 Å². The van der Waals surface area contributed by atoms with Crippen molar-refractivity contribution in [1.82, 2.24) is 4.90 Å². The first kappa shape index (κ1) is 26.5. The van der Waals surface area contributed by atoms with Crippen LogP contribution < -0.4 is 9.64 Å². The summed E-state index contributed by atoms with van der Waals surface area (Å²) in [6.07, 6.45) is 5.90. The number of fused-ring (bicyclic) bond motifs is 4. The predicted molar refractivity (Wildman–Crippen MR) is 143 cm³/mol. The normalized spacial score (nSPS) is 17.9. The van der Waals surface area contributed by atoms with Crippen LogP contribution in [0, 0.1) is 0 Å². The number of carboxylic acid groups (broad SMARTS) is 1. The molecule has 0 radical (unpaired) electrons. The Labute approximate surface area is 226 Å². The number of anilines is 1. The van der Waals surface area contributed by atoms with E-state index in [4.69, 9.17) is 14.3 Å². The molecule has 1 N–H and O–H groups in total. The Bertz CT molecular complexity index is 1700. The molecule has 2 amide bonds. The molecule has 39 heavy (non-hydrogen) atoms. The second kappa shape index (κ2) is 10.6. The van der Waals surface area contributed by atoms with Crippen LogP contribution in [0.25, 0.3) is 21.9 Å². The minimum absolute atomic E-state index is 0.0668. The van der Waals surface area contributed by atoms with E-state index in [-0.39, 0.29) is 30.8 Å². The number of rotatable bonds is 9. The maximum atomic E-state index is 12.4. The van der Waals surface area contributed by atoms with Crippen molar-refractivity contribution in [3.8, 4) is 5.75 Å². The highest BCUT2D eigenvalue weighted by Gasteiger charge is 2.34. The fourth-order valence-electron chi connectivity index (χ4n) is 4.27. The van der Waals surface area contributed by atoms with E-state index < -0.39 is 33.0 Å². The average molecular weight is 570 g/mol. The minimum atomic E-state index is -4.39. The Morgan fingerprint density at radius 2 is 1.79 bits per heavy atom. The molecule has 1 fully saturated rings. The van der Waals surface area contributed by atoms with Crippen molar-refractivity contribution in [2.24, 2.45) is 0 Å². The largest absolute Gasteiger partial charge is 0.748 e. The van der Waals surface area contributed by atoms with Gasteiger partial charge in [0.15, 0.2) is 5.75 Å². The quantitative estimate of drug-likeness (QED) is 0.291. The number of carbonyl (C=O) groups excluding carboxylic acids is 2. The maximum Gasteiger partial charge on any atom is 0.305 e. The third-order valence-electron chi connectivity index (χ3n) is 6.03. The van der Waals surface area contributed by atoms with Crippen LogP contribution in [0.3, 0.4) is 0 Å². The third kappa shape index (κ3) is 5.70. The van der Waals surface area contributed by atoms with Crippen LogP contribution in [-0.2, 0) is 19.7 Å². The van der Waals surface area contributed by atoms with Crippen LogP contribution in [0.15, 0.2) is 75.9 Å². The molecule has 0 spiro atoms. The van der Waals surface area contributed by atoms with Crippen LogP contribution in [0.4, 0.5) is 10.5 Å². The van der Waals surface area contributed by atoms with E-state index in [0.717, 1.165) is 27.4 Å². The summed E-state index contributed by atoms with van der Waals surface area (Å²) in [6, 6.07) is 11.2. The average Bonchev–Trinajstić information content (AvgIpc) is 3.49. The maximum absolute atomic E-state index is 12.4. The summed E-state index contributed by atoms with van der Waals surface area (Å²) in [5.41, 5.74) is 1.98. The number of benzene rings is 2. The number of carboxylic acids is 1. The number of nitrogens with zero attached hydrogens (tertiary/aromatic N) is 2. The number of hydrogen-bond acceptors (Lipinski definition) is 10. The lowest BCUT2D eigenvalue weighted by Crippen LogP contribution is -2.30. The summed E-state index contributed by atoms with van der Waals surface area (Å²) in [6.45, 7) is -0.0221. The lowest BCUT2D eigenvalue weighted by molar-refractivity contribution is -0.137. The van der Waals surface area contributed by atoms with Crippen molar-refractivity contribution in [2.45, 2.75) is 12.8 Å². The Balaban J connectivity index is 1.39. The van der Waals surface area contributed by atoms with Gasteiger partial charge in [-0.15, -0.1) is 0 Å². The SMILES string of the molecule is O=C(O)CCN1C(=O)SC(=CC=CC=C2Oc3cc4c(cc3N2CCCS(=O)(=O)[O-])oc2ccccc24)C1=O. The molecule has 13 heteroatoms. The molecule has 2 aliphatic heterocycles. The second-order valence-corrected chi connectivity index (χ2v) is 11.2. The summed E-state index contributed by atoms with van der Waals surface area (Å²) in [4.78, 5) is 38.0. The Morgan fingerprint density at radius 3 is 2.56 bits per heavy atom. The molecule has 0 atom stereocenters. The molecule has 0 unspecified atom stereocenters. The zero-order chi connectivity index (χ0) is 27.7. The van der Waals surface area contributed by atoms with E-state index in [1.54, 1.807) is 23.1 Å². The highest BCUT2D eigenvalue weighted by Crippen LogP contribution is 2.44. The third-order valence-corrected chi connectivity index (χ3v) is 7.74. The van der Waals surface area contributed by atoms with Gasteiger partial charge in [-0.3, -0.25) is 19.3 Å². The van der Waals surface area contributed by atoms with E-state index in [2.05, 4.69) is 0 Å². The summed E-state index contributed by atoms with van der Waals surface area (Å²) in [5, 5.41) is 10.0. The predicted octanol–water partition coefficient (Wildman–Crippen LogP) is 4.17. The number of carbonyl (C=O) groups is 3. The Hall–Kier alpha value is -4.07. The van der Waals surface area contributed by atoms with Gasteiger partial charge in [0.1, 0.15) is 11.2 Å². The minimum Gasteiger partial charge on any atom is -0.748 e. The van der Waals surface area contributed by atoms with E-state index in [1.165, 1.54) is 12.2 Å². The molecule has 3 aromatic rings. The van der Waals surface area contributed by atoms with Gasteiger partial charge >= 0.3 is 5.97 Å². The van der Waals surface area contributed by atoms with Crippen LogP contribution in [0.1, 0.15) is 12.8 Å². The van der Waals surface area contributed by atoms with E-state index in [0.29, 0.717) is 28.5 Å². The number of allylic oxidation sites excluding steroid dienone is 4. The molecule has 3 heterocycles. The zero-order valence-electron chi connectivity index (χ0n) is 20.2. The lowest BCUT2D eigenvalue weighted by atomic mass is 10.1. The van der Waals surface area contributed by atoms with Gasteiger partial charge in [0.05, 0.1) is 27.1 Å². The fourth-order valence-corrected chi connectivity index (χ4v) is 5.57. The van der Waals surface area contributed by atoms with Crippen molar-refractivity contribution in [2.75, 3.05) is 23.7 Å². The molecule has 5 rings (SSSR count). The van der Waals surface area contributed by atoms with E-state index in [1.807, 2.05) is 30.3 Å². The molecule has 1 saturated heterocycles. The Morgan fingerprint density at radius 1 is 1.03 bits per heavy atom. The molecule has 2 aromatic carbocycles. The van der Waals surface area contributed by atoms with Gasteiger partial charge in [0.2, 0.25) is 5.88 Å². The van der Waals surface area contributed by atoms with E-state index in [9.17, 15) is 27.4 Å². The zero-order valence-corrected chi connectivity index (χ0v) is 21.9. The van der Waals surface area contributed by atoms with Gasteiger partial charge in [-0.1, -0.05) is 30.4 Å². The topological polar surface area (TPSA) is 157 Å². The van der Waals surface area contributed by atoms with Crippen molar-refractivity contribution < 1.29 is 41.6 Å². The van der Waals surface area contributed by atoms with Crippen molar-refractivity contribution in [3.05, 3.63) is 71.5 Å². The van der Waals surface area contributed by atoms with Crippen LogP contribution in [0.2, 0.25) is 0 Å². The van der Waals surface area contributed by atoms with Crippen molar-refractivity contribution in [1.29, 1.82) is 0 Å². The van der Waals surface area contributed by atoms with Gasteiger partial charge in [-0.2, -0.15) is 0 Å². The van der Waals surface area contributed by atoms with Gasteiger partial charge in [0, 0.05) is 35.7 Å². The van der Waals surface area contributed by atoms with Crippen molar-refractivity contribution in [3.63, 3.8) is 0 Å². The molecular formula is C26H21N2O9S2-. The summed E-state index contributed by atoms with van der Waals surface area (Å²) >= 11 is 0.718. The van der Waals surface area contributed by atoms with Crippen LogP contribution in [-0.4, -0.2) is 58.9 Å². The number of amides is 2. The molecule has 0 bridgehead atoms. The summed E-state index contributed by atoms with van der Waals surface area (Å²) < 4.78 is 45.5. The second-order valence-electron chi connectivity index (χ2n) is 8.67. The summed E-state index contributed by atoms with van der Waals surface area (Å²) in [7, 11) is -4.39. The monoisotopic (exact) mass is 569 g/mol. The molecule has 0 saturated carbocycles. The van der Waals surface area contributed by atoms with Gasteiger partial charge < -0.3 is 23.7 Å². The molecule has 202 valence electrons. The molecule has 11 nitrogen and oxygen atoms in total. The number of ether oxygens (including phenoxy) is 1. The van der Waals surface area contributed by atoms with Crippen LogP contribution in [0.5, 0.6) is 5.75 Å². The first-order valence-electron chi connectivity index (χ1n) is 11.8. The molecular weight excluding hydrogens is 548 g/mol. The standard InChI is InChI=1S/C26H22N2O9S2/c29-24(30)10-12-28-25(31)22(38-26(28)32)8-3-4-9-23-27(11-5-13-39(33,34)35)18-15-20-17(14-21(18)37-23)16-6-1-2-7-19(16)36-20/h1-4,6-9,14-15H,5,10-13H2,(H,29,30)(H,33,34,35)/p-1. The Kier molecular flexibility index (Phi) is 7.21. The number of para-hydroxylation sites is 1. The highest BCUT2D eigenvalue weighted by molar-refractivity contribution is 8.18. The first-order chi connectivity index (χ1) is 18.6. The number of aliphatic carboxylic acids is 1. The number of hydrogen-bond donors (Lipinski definition) is 1. The van der Waals surface area contributed by atoms with Gasteiger partial charge in [-0.05, 0) is 42.5 Å². The fraction of sp³-hybridized carbons (Fsp3) is 0.192. The smallest absolute Gasteiger partial charge is 0.305 e. The number of thioether (sulfide) groups is 1. The summed E-state index contributed by atoms with van der Waals surface area (Å²) in [5.74, 6) is -1.32. The van der Waals surface area contributed by atoms with Gasteiger partial charge in [0.25, 0.3) is 11.1 Å². The first-order valence-corrected chi connectivity index (χ1v) is 14.2. The van der Waals surface area contributed by atoms with Gasteiger partial charge in [-0.25, -0.2) is 8.42 Å². The number of furan rings is 1. The lowest BCUT2D eigenvalue weighted by Gasteiger charge is -2.18. The molecule has 1 aromatic heterocycles. The van der Waals surface area contributed by atoms with Crippen LogP contribution >= 0.6 is 11.8 Å². The highest BCUT2D eigenvalue weighted by atomic mass is 32.2. The number of imide groups is 1.